The van der Waals surface area contributed by atoms with Gasteiger partial charge in [0.25, 0.3) is 0 Å². The van der Waals surface area contributed by atoms with Crippen LogP contribution in [0.3, 0.4) is 0 Å². The minimum Gasteiger partial charge on any atom is -0.461 e. The van der Waals surface area contributed by atoms with E-state index in [0.29, 0.717) is 0 Å². The molecule has 0 bridgehead atoms. The summed E-state index contributed by atoms with van der Waals surface area (Å²) in [5.74, 6) is -5.53. The minimum absolute atomic E-state index is 0.00149. The van der Waals surface area contributed by atoms with Gasteiger partial charge in [0, 0.05) is 11.3 Å². The third kappa shape index (κ3) is 5.33. The number of esters is 1. The van der Waals surface area contributed by atoms with Crippen molar-refractivity contribution in [2.75, 3.05) is 11.9 Å². The highest BCUT2D eigenvalue weighted by Crippen LogP contribution is 2.33. The molecular formula is C17H21F2NO4. The lowest BCUT2D eigenvalue weighted by molar-refractivity contribution is -0.163. The zero-order valence-corrected chi connectivity index (χ0v) is 14.1. The van der Waals surface area contributed by atoms with Crippen molar-refractivity contribution in [1.29, 1.82) is 0 Å². The number of carbonyl (C=O) groups is 2. The number of carbonyl (C=O) groups excluding carboxylic acids is 2. The van der Waals surface area contributed by atoms with Gasteiger partial charge in [-0.2, -0.15) is 8.78 Å². The topological polar surface area (TPSA) is 64.6 Å². The van der Waals surface area contributed by atoms with Gasteiger partial charge in [-0.1, -0.05) is 18.7 Å². The van der Waals surface area contributed by atoms with Crippen LogP contribution in [-0.4, -0.2) is 30.2 Å². The highest BCUT2D eigenvalue weighted by Gasteiger charge is 2.44. The van der Waals surface area contributed by atoms with E-state index in [1.54, 1.807) is 20.8 Å². The van der Waals surface area contributed by atoms with Gasteiger partial charge in [-0.25, -0.2) is 9.59 Å². The summed E-state index contributed by atoms with van der Waals surface area (Å²) < 4.78 is 37.5. The van der Waals surface area contributed by atoms with Crippen molar-refractivity contribution in [3.8, 4) is 0 Å². The highest BCUT2D eigenvalue weighted by molar-refractivity contribution is 5.94. The van der Waals surface area contributed by atoms with Crippen molar-refractivity contribution in [2.24, 2.45) is 0 Å². The van der Waals surface area contributed by atoms with Crippen molar-refractivity contribution in [3.05, 3.63) is 36.4 Å². The number of amides is 1. The van der Waals surface area contributed by atoms with Gasteiger partial charge in [0.15, 0.2) is 0 Å². The van der Waals surface area contributed by atoms with Crippen LogP contribution in [0.5, 0.6) is 0 Å². The first-order valence-electron chi connectivity index (χ1n) is 7.32. The summed E-state index contributed by atoms with van der Waals surface area (Å²) >= 11 is 0. The van der Waals surface area contributed by atoms with Crippen LogP contribution in [0.1, 0.15) is 33.3 Å². The molecule has 0 aliphatic rings. The first kappa shape index (κ1) is 19.6. The molecular weight excluding hydrogens is 320 g/mol. The Morgan fingerprint density at radius 3 is 2.42 bits per heavy atom. The maximum atomic E-state index is 14.0. The molecule has 0 saturated carbocycles. The maximum Gasteiger partial charge on any atom is 0.412 e. The van der Waals surface area contributed by atoms with Crippen LogP contribution in [0.15, 0.2) is 30.8 Å². The molecule has 0 heterocycles. The average Bonchev–Trinajstić information content (AvgIpc) is 2.44. The largest absolute Gasteiger partial charge is 0.461 e. The fraction of sp³-hybridized carbons (Fsp3) is 0.412. The Morgan fingerprint density at radius 2 is 1.88 bits per heavy atom. The zero-order chi connectivity index (χ0) is 18.5. The summed E-state index contributed by atoms with van der Waals surface area (Å²) in [6.45, 7) is 9.65. The normalized spacial score (nSPS) is 11.6. The third-order valence-electron chi connectivity index (χ3n) is 2.77. The Kier molecular flexibility index (Phi) is 6.06. The molecule has 0 saturated heterocycles. The van der Waals surface area contributed by atoms with E-state index in [9.17, 15) is 18.4 Å². The molecule has 0 unspecified atom stereocenters. The van der Waals surface area contributed by atoms with Crippen molar-refractivity contribution in [2.45, 2.75) is 39.2 Å². The predicted molar refractivity (Wildman–Crippen MR) is 86.9 cm³/mol. The maximum absolute atomic E-state index is 14.0. The lowest BCUT2D eigenvalue weighted by Crippen LogP contribution is -2.32. The second-order valence-electron chi connectivity index (χ2n) is 5.98. The second-order valence-corrected chi connectivity index (χ2v) is 5.98. The van der Waals surface area contributed by atoms with E-state index < -0.39 is 29.2 Å². The molecule has 1 aromatic rings. The lowest BCUT2D eigenvalue weighted by Gasteiger charge is -2.20. The van der Waals surface area contributed by atoms with E-state index in [4.69, 9.17) is 4.74 Å². The Labute approximate surface area is 139 Å². The van der Waals surface area contributed by atoms with Crippen LogP contribution >= 0.6 is 0 Å². The summed E-state index contributed by atoms with van der Waals surface area (Å²) in [6, 6.07) is 5.59. The Balaban J connectivity index is 2.94. The van der Waals surface area contributed by atoms with Gasteiger partial charge in [-0.05, 0) is 45.4 Å². The fourth-order valence-corrected chi connectivity index (χ4v) is 1.73. The van der Waals surface area contributed by atoms with Crippen molar-refractivity contribution in [3.63, 3.8) is 0 Å². The third-order valence-corrected chi connectivity index (χ3v) is 2.77. The highest BCUT2D eigenvalue weighted by atomic mass is 19.3. The van der Waals surface area contributed by atoms with E-state index >= 15 is 0 Å². The van der Waals surface area contributed by atoms with Gasteiger partial charge in [0.05, 0.1) is 6.61 Å². The molecule has 1 N–H and O–H groups in total. The molecule has 1 aromatic carbocycles. The molecule has 1 rings (SSSR count). The van der Waals surface area contributed by atoms with Crippen LogP contribution in [0, 0.1) is 0 Å². The van der Waals surface area contributed by atoms with Crippen LogP contribution in [-0.2, 0) is 14.3 Å². The van der Waals surface area contributed by atoms with E-state index in [1.165, 1.54) is 31.2 Å². The molecule has 0 aliphatic heterocycles. The Morgan fingerprint density at radius 1 is 1.25 bits per heavy atom. The molecule has 132 valence electrons. The van der Waals surface area contributed by atoms with E-state index in [2.05, 4.69) is 16.6 Å². The predicted octanol–water partition coefficient (Wildman–Crippen LogP) is 4.25. The van der Waals surface area contributed by atoms with E-state index in [0.717, 1.165) is 0 Å². The smallest absolute Gasteiger partial charge is 0.412 e. The number of alkyl halides is 2. The quantitative estimate of drug-likeness (QED) is 0.814. The summed E-state index contributed by atoms with van der Waals surface area (Å²) in [7, 11) is 0. The molecule has 0 aromatic heterocycles. The molecule has 5 nitrogen and oxygen atoms in total. The monoisotopic (exact) mass is 341 g/mol. The molecule has 24 heavy (non-hydrogen) atoms. The molecule has 1 amide bonds. The molecule has 0 radical (unpaired) electrons. The van der Waals surface area contributed by atoms with Gasteiger partial charge in [0.2, 0.25) is 0 Å². The van der Waals surface area contributed by atoms with Crippen LogP contribution in [0.4, 0.5) is 19.3 Å². The average molecular weight is 341 g/mol. The fourth-order valence-electron chi connectivity index (χ4n) is 1.73. The van der Waals surface area contributed by atoms with Crippen LogP contribution in [0.25, 0.3) is 5.57 Å². The number of halogens is 2. The van der Waals surface area contributed by atoms with Crippen LogP contribution in [0.2, 0.25) is 0 Å². The summed E-state index contributed by atoms with van der Waals surface area (Å²) in [4.78, 5) is 23.1. The number of ether oxygens (including phenoxy) is 2. The van der Waals surface area contributed by atoms with Crippen molar-refractivity contribution in [1.82, 2.24) is 0 Å². The molecule has 0 fully saturated rings. The van der Waals surface area contributed by atoms with Gasteiger partial charge in [-0.15, -0.1) is 0 Å². The van der Waals surface area contributed by atoms with E-state index in [1.807, 2.05) is 0 Å². The number of hydrogen-bond donors (Lipinski definition) is 1. The van der Waals surface area contributed by atoms with Gasteiger partial charge < -0.3 is 9.47 Å². The van der Waals surface area contributed by atoms with Gasteiger partial charge >= 0.3 is 18.0 Å². The van der Waals surface area contributed by atoms with E-state index in [-0.39, 0.29) is 17.9 Å². The van der Waals surface area contributed by atoms with Crippen LogP contribution < -0.4 is 5.32 Å². The first-order valence-corrected chi connectivity index (χ1v) is 7.32. The standard InChI is InChI=1S/C17H21F2NO4/c1-6-23-14(21)17(18,19)11(2)12-8-7-9-13(10-12)20-15(22)24-16(3,4)5/h7-10H,2,6H2,1,3-5H3,(H,20,22). The SMILES string of the molecule is C=C(c1cccc(NC(=O)OC(C)(C)C)c1)C(F)(F)C(=O)OCC. The summed E-state index contributed by atoms with van der Waals surface area (Å²) in [6.07, 6.45) is -0.720. The molecule has 0 aliphatic carbocycles. The number of rotatable bonds is 5. The number of nitrogens with one attached hydrogen (secondary N) is 1. The lowest BCUT2D eigenvalue weighted by atomic mass is 10.0. The molecule has 0 spiro atoms. The van der Waals surface area contributed by atoms with Crippen molar-refractivity contribution >= 4 is 23.3 Å². The molecule has 0 atom stereocenters. The summed E-state index contributed by atoms with van der Waals surface area (Å²) in [5.41, 5.74) is -1.17. The number of benzene rings is 1. The minimum atomic E-state index is -3.86. The summed E-state index contributed by atoms with van der Waals surface area (Å²) in [5, 5.41) is 2.44. The Hall–Kier alpha value is -2.44. The van der Waals surface area contributed by atoms with Gasteiger partial charge in [-0.3, -0.25) is 5.32 Å². The second kappa shape index (κ2) is 7.42. The van der Waals surface area contributed by atoms with Gasteiger partial charge in [0.1, 0.15) is 5.60 Å². The molecule has 7 heteroatoms. The number of anilines is 1. The Bertz CT molecular complexity index is 636. The zero-order valence-electron chi connectivity index (χ0n) is 14.1. The van der Waals surface area contributed by atoms with Crippen molar-refractivity contribution < 1.29 is 27.8 Å². The first-order chi connectivity index (χ1) is 11.0. The number of hydrogen-bond acceptors (Lipinski definition) is 4.